The van der Waals surface area contributed by atoms with E-state index in [4.69, 9.17) is 9.57 Å². The molecule has 0 aromatic heterocycles. The molecular formula is C16H15BrN2O3. The Hall–Kier alpha value is -2.34. The summed E-state index contributed by atoms with van der Waals surface area (Å²) in [4.78, 5) is 16.7. The lowest BCUT2D eigenvalue weighted by molar-refractivity contribution is -0.114. The number of halogens is 1. The quantitative estimate of drug-likeness (QED) is 0.655. The van der Waals surface area contributed by atoms with Gasteiger partial charge in [0.15, 0.2) is 5.71 Å². The number of nitrogens with one attached hydrogen (secondary N) is 1. The zero-order chi connectivity index (χ0) is 15.9. The standard InChI is InChI=1S/C16H15BrN2O3/c1-18-16(20)15(19-21-2)13-5-3-4-6-14(13)22-12-9-7-11(17)8-10-12/h3-10H,1-2H3,(H,18,20)/b19-15-. The van der Waals surface area contributed by atoms with Gasteiger partial charge < -0.3 is 14.9 Å². The fourth-order valence-corrected chi connectivity index (χ4v) is 2.07. The molecule has 0 bridgehead atoms. The van der Waals surface area contributed by atoms with Crippen LogP contribution in [0.15, 0.2) is 58.2 Å². The molecule has 1 amide bonds. The van der Waals surface area contributed by atoms with Crippen molar-refractivity contribution in [3.05, 3.63) is 58.6 Å². The first-order valence-electron chi connectivity index (χ1n) is 6.51. The number of likely N-dealkylation sites (N-methyl/N-ethyl adjacent to an activating group) is 1. The number of nitrogens with zero attached hydrogens (tertiary/aromatic N) is 1. The number of hydrogen-bond acceptors (Lipinski definition) is 4. The lowest BCUT2D eigenvalue weighted by atomic mass is 10.1. The molecule has 0 atom stereocenters. The number of amides is 1. The van der Waals surface area contributed by atoms with Crippen molar-refractivity contribution in [1.29, 1.82) is 0 Å². The molecule has 114 valence electrons. The van der Waals surface area contributed by atoms with Crippen molar-refractivity contribution in [2.24, 2.45) is 5.16 Å². The molecule has 5 nitrogen and oxygen atoms in total. The van der Waals surface area contributed by atoms with Crippen LogP contribution in [0.2, 0.25) is 0 Å². The van der Waals surface area contributed by atoms with Crippen LogP contribution in [-0.4, -0.2) is 25.8 Å². The van der Waals surface area contributed by atoms with Gasteiger partial charge in [0, 0.05) is 11.5 Å². The van der Waals surface area contributed by atoms with Crippen LogP contribution < -0.4 is 10.1 Å². The molecule has 0 unspecified atom stereocenters. The zero-order valence-electron chi connectivity index (χ0n) is 12.2. The van der Waals surface area contributed by atoms with Gasteiger partial charge in [0.2, 0.25) is 0 Å². The largest absolute Gasteiger partial charge is 0.457 e. The summed E-state index contributed by atoms with van der Waals surface area (Å²) in [6, 6.07) is 14.6. The molecule has 2 rings (SSSR count). The average molecular weight is 363 g/mol. The number of ether oxygens (including phenoxy) is 1. The van der Waals surface area contributed by atoms with Crippen LogP contribution in [0.1, 0.15) is 5.56 Å². The fourth-order valence-electron chi connectivity index (χ4n) is 1.80. The molecule has 2 aromatic carbocycles. The van der Waals surface area contributed by atoms with E-state index in [1.54, 1.807) is 18.2 Å². The van der Waals surface area contributed by atoms with Crippen LogP contribution in [0.25, 0.3) is 0 Å². The summed E-state index contributed by atoms with van der Waals surface area (Å²) in [6.07, 6.45) is 0. The van der Waals surface area contributed by atoms with E-state index in [1.807, 2.05) is 30.3 Å². The normalized spacial score (nSPS) is 11.0. The summed E-state index contributed by atoms with van der Waals surface area (Å²) >= 11 is 3.37. The molecule has 1 N–H and O–H groups in total. The second kappa shape index (κ2) is 7.61. The molecule has 2 aromatic rings. The highest BCUT2D eigenvalue weighted by molar-refractivity contribution is 9.10. The molecule has 22 heavy (non-hydrogen) atoms. The summed E-state index contributed by atoms with van der Waals surface area (Å²) in [5, 5.41) is 6.33. The molecule has 0 aliphatic rings. The number of carbonyl (C=O) groups excluding carboxylic acids is 1. The Balaban J connectivity index is 2.39. The number of para-hydroxylation sites is 1. The van der Waals surface area contributed by atoms with Crippen molar-refractivity contribution in [2.45, 2.75) is 0 Å². The minimum Gasteiger partial charge on any atom is -0.457 e. The summed E-state index contributed by atoms with van der Waals surface area (Å²) in [6.45, 7) is 0. The number of benzene rings is 2. The van der Waals surface area contributed by atoms with E-state index in [2.05, 4.69) is 26.4 Å². The summed E-state index contributed by atoms with van der Waals surface area (Å²) in [5.74, 6) is 0.822. The van der Waals surface area contributed by atoms with E-state index in [0.29, 0.717) is 17.1 Å². The van der Waals surface area contributed by atoms with Gasteiger partial charge in [0.05, 0.1) is 5.56 Å². The Morgan fingerprint density at radius 1 is 1.14 bits per heavy atom. The lowest BCUT2D eigenvalue weighted by Crippen LogP contribution is -2.28. The van der Waals surface area contributed by atoms with E-state index in [9.17, 15) is 4.79 Å². The van der Waals surface area contributed by atoms with Gasteiger partial charge in [-0.05, 0) is 36.4 Å². The molecular weight excluding hydrogens is 348 g/mol. The molecule has 0 heterocycles. The van der Waals surface area contributed by atoms with Crippen molar-refractivity contribution >= 4 is 27.5 Å². The van der Waals surface area contributed by atoms with Crippen molar-refractivity contribution in [3.63, 3.8) is 0 Å². The Kier molecular flexibility index (Phi) is 5.55. The third-order valence-electron chi connectivity index (χ3n) is 2.81. The summed E-state index contributed by atoms with van der Waals surface area (Å²) < 4.78 is 6.81. The van der Waals surface area contributed by atoms with Crippen LogP contribution in [0.5, 0.6) is 11.5 Å². The van der Waals surface area contributed by atoms with Crippen molar-refractivity contribution < 1.29 is 14.4 Å². The molecule has 0 saturated heterocycles. The van der Waals surface area contributed by atoms with Gasteiger partial charge in [-0.15, -0.1) is 0 Å². The monoisotopic (exact) mass is 362 g/mol. The van der Waals surface area contributed by atoms with Crippen molar-refractivity contribution in [3.8, 4) is 11.5 Å². The van der Waals surface area contributed by atoms with Crippen molar-refractivity contribution in [1.82, 2.24) is 5.32 Å². The van der Waals surface area contributed by atoms with Crippen LogP contribution >= 0.6 is 15.9 Å². The smallest absolute Gasteiger partial charge is 0.273 e. The van der Waals surface area contributed by atoms with E-state index >= 15 is 0 Å². The Morgan fingerprint density at radius 3 is 2.45 bits per heavy atom. The Morgan fingerprint density at radius 2 is 1.82 bits per heavy atom. The third kappa shape index (κ3) is 3.85. The Bertz CT molecular complexity index is 684. The van der Waals surface area contributed by atoms with Gasteiger partial charge >= 0.3 is 0 Å². The van der Waals surface area contributed by atoms with E-state index < -0.39 is 0 Å². The number of carbonyl (C=O) groups is 1. The third-order valence-corrected chi connectivity index (χ3v) is 3.34. The number of rotatable bonds is 5. The van der Waals surface area contributed by atoms with Gasteiger partial charge in [0.1, 0.15) is 18.6 Å². The topological polar surface area (TPSA) is 59.9 Å². The molecule has 6 heteroatoms. The van der Waals surface area contributed by atoms with Crippen LogP contribution in [0, 0.1) is 0 Å². The summed E-state index contributed by atoms with van der Waals surface area (Å²) in [7, 11) is 2.92. The van der Waals surface area contributed by atoms with Gasteiger partial charge in [-0.1, -0.05) is 33.2 Å². The first kappa shape index (κ1) is 16.0. The first-order chi connectivity index (χ1) is 10.7. The zero-order valence-corrected chi connectivity index (χ0v) is 13.8. The second-order valence-electron chi connectivity index (χ2n) is 4.25. The van der Waals surface area contributed by atoms with Crippen LogP contribution in [-0.2, 0) is 9.63 Å². The maximum Gasteiger partial charge on any atom is 0.273 e. The van der Waals surface area contributed by atoms with Crippen LogP contribution in [0.3, 0.4) is 0 Å². The first-order valence-corrected chi connectivity index (χ1v) is 7.31. The maximum absolute atomic E-state index is 12.0. The summed E-state index contributed by atoms with van der Waals surface area (Å²) in [5.41, 5.74) is 0.698. The highest BCUT2D eigenvalue weighted by Crippen LogP contribution is 2.27. The van der Waals surface area contributed by atoms with Crippen molar-refractivity contribution in [2.75, 3.05) is 14.2 Å². The molecule has 0 saturated carbocycles. The maximum atomic E-state index is 12.0. The number of oxime groups is 1. The molecule has 0 radical (unpaired) electrons. The molecule has 0 spiro atoms. The molecule has 0 aliphatic heterocycles. The second-order valence-corrected chi connectivity index (χ2v) is 5.17. The average Bonchev–Trinajstić information content (AvgIpc) is 2.55. The molecule has 0 fully saturated rings. The minimum atomic E-state index is -0.353. The predicted octanol–water partition coefficient (Wildman–Crippen LogP) is 3.34. The van der Waals surface area contributed by atoms with Gasteiger partial charge in [-0.25, -0.2) is 0 Å². The van der Waals surface area contributed by atoms with E-state index in [1.165, 1.54) is 14.2 Å². The van der Waals surface area contributed by atoms with Gasteiger partial charge in [-0.2, -0.15) is 0 Å². The van der Waals surface area contributed by atoms with Crippen LogP contribution in [0.4, 0.5) is 0 Å². The highest BCUT2D eigenvalue weighted by Gasteiger charge is 2.18. The van der Waals surface area contributed by atoms with E-state index in [-0.39, 0.29) is 11.6 Å². The fraction of sp³-hybridized carbons (Fsp3) is 0.125. The highest BCUT2D eigenvalue weighted by atomic mass is 79.9. The SMILES string of the molecule is CNC(=O)/C(=N\OC)c1ccccc1Oc1ccc(Br)cc1. The predicted molar refractivity (Wildman–Crippen MR) is 88.3 cm³/mol. The number of hydrogen-bond donors (Lipinski definition) is 1. The van der Waals surface area contributed by atoms with Gasteiger partial charge in [0.25, 0.3) is 5.91 Å². The lowest BCUT2D eigenvalue weighted by Gasteiger charge is -2.12. The van der Waals surface area contributed by atoms with E-state index in [0.717, 1.165) is 4.47 Å². The minimum absolute atomic E-state index is 0.151. The van der Waals surface area contributed by atoms with Gasteiger partial charge in [-0.3, -0.25) is 4.79 Å². The molecule has 0 aliphatic carbocycles. The Labute approximate surface area is 137 Å².